The molecule has 2 fully saturated rings. The summed E-state index contributed by atoms with van der Waals surface area (Å²) in [4.78, 5) is 16.3. The van der Waals surface area contributed by atoms with E-state index < -0.39 is 11.4 Å². The summed E-state index contributed by atoms with van der Waals surface area (Å²) in [5, 5.41) is 0. The second kappa shape index (κ2) is 6.87. The number of nitrogens with two attached hydrogens (primary N) is 2. The first-order chi connectivity index (χ1) is 9.49. The van der Waals surface area contributed by atoms with Gasteiger partial charge in [-0.2, -0.15) is 0 Å². The van der Waals surface area contributed by atoms with Crippen LogP contribution >= 0.6 is 0 Å². The summed E-state index contributed by atoms with van der Waals surface area (Å²) < 4.78 is 0. The molecule has 1 amide bonds. The monoisotopic (exact) mass is 282 g/mol. The standard InChI is InChI=1S/C15H30N4O/c1-15(17,14(16)20)7-4-8-18-9-11-19(12-10-18)13-5-2-3-6-13/h13H,2-12,17H2,1H3,(H2,16,20). The SMILES string of the molecule is CC(N)(CCCN1CCN(C2CCCC2)CC1)C(N)=O. The second-order valence-corrected chi connectivity index (χ2v) is 6.70. The van der Waals surface area contributed by atoms with E-state index in [-0.39, 0.29) is 0 Å². The molecule has 2 aliphatic rings. The number of carbonyl (C=O) groups excluding carboxylic acids is 1. The Hall–Kier alpha value is -0.650. The summed E-state index contributed by atoms with van der Waals surface area (Å²) in [5.41, 5.74) is 10.3. The third-order valence-electron chi connectivity index (χ3n) is 4.98. The lowest BCUT2D eigenvalue weighted by molar-refractivity contribution is -0.122. The average Bonchev–Trinajstić information content (AvgIpc) is 2.93. The van der Waals surface area contributed by atoms with Crippen molar-refractivity contribution in [2.45, 2.75) is 57.0 Å². The molecule has 0 radical (unpaired) electrons. The zero-order valence-corrected chi connectivity index (χ0v) is 12.8. The van der Waals surface area contributed by atoms with Crippen molar-refractivity contribution < 1.29 is 4.79 Å². The Kier molecular flexibility index (Phi) is 5.41. The summed E-state index contributed by atoms with van der Waals surface area (Å²) in [7, 11) is 0. The number of rotatable bonds is 6. The first-order valence-electron chi connectivity index (χ1n) is 8.04. The molecule has 0 aromatic rings. The zero-order chi connectivity index (χ0) is 14.6. The van der Waals surface area contributed by atoms with Crippen molar-refractivity contribution in [2.24, 2.45) is 11.5 Å². The lowest BCUT2D eigenvalue weighted by Gasteiger charge is -2.38. The Labute approximate surface area is 122 Å². The van der Waals surface area contributed by atoms with Crippen molar-refractivity contribution in [1.29, 1.82) is 0 Å². The maximum Gasteiger partial charge on any atom is 0.237 e. The van der Waals surface area contributed by atoms with Crippen LogP contribution in [0.1, 0.15) is 45.4 Å². The molecular formula is C15H30N4O. The molecule has 5 heteroatoms. The first kappa shape index (κ1) is 15.7. The Morgan fingerprint density at radius 3 is 2.35 bits per heavy atom. The van der Waals surface area contributed by atoms with Gasteiger partial charge in [0.25, 0.3) is 0 Å². The van der Waals surface area contributed by atoms with Crippen LogP contribution in [0, 0.1) is 0 Å². The van der Waals surface area contributed by atoms with Gasteiger partial charge >= 0.3 is 0 Å². The topological polar surface area (TPSA) is 75.6 Å². The van der Waals surface area contributed by atoms with Gasteiger partial charge in [-0.3, -0.25) is 9.69 Å². The minimum Gasteiger partial charge on any atom is -0.368 e. The summed E-state index contributed by atoms with van der Waals surface area (Å²) in [6.07, 6.45) is 7.22. The van der Waals surface area contributed by atoms with E-state index in [9.17, 15) is 4.79 Å². The first-order valence-corrected chi connectivity index (χ1v) is 8.04. The van der Waals surface area contributed by atoms with Gasteiger partial charge in [-0.25, -0.2) is 0 Å². The van der Waals surface area contributed by atoms with E-state index in [0.717, 1.165) is 32.1 Å². The van der Waals surface area contributed by atoms with Crippen LogP contribution < -0.4 is 11.5 Å². The van der Waals surface area contributed by atoms with Crippen molar-refractivity contribution in [3.63, 3.8) is 0 Å². The van der Waals surface area contributed by atoms with E-state index in [0.29, 0.717) is 6.42 Å². The van der Waals surface area contributed by atoms with E-state index in [1.54, 1.807) is 6.92 Å². The molecule has 1 aliphatic carbocycles. The van der Waals surface area contributed by atoms with E-state index >= 15 is 0 Å². The van der Waals surface area contributed by atoms with Crippen LogP contribution in [0.5, 0.6) is 0 Å². The number of hydrogen-bond donors (Lipinski definition) is 2. The minimum atomic E-state index is -0.855. The highest BCUT2D eigenvalue weighted by Crippen LogP contribution is 2.24. The molecule has 1 atom stereocenters. The average molecular weight is 282 g/mol. The van der Waals surface area contributed by atoms with Gasteiger partial charge in [-0.1, -0.05) is 12.8 Å². The number of amides is 1. The zero-order valence-electron chi connectivity index (χ0n) is 12.8. The predicted octanol–water partition coefficient (Wildman–Crippen LogP) is 0.530. The van der Waals surface area contributed by atoms with Gasteiger partial charge in [-0.05, 0) is 39.2 Å². The van der Waals surface area contributed by atoms with E-state index in [1.165, 1.54) is 38.8 Å². The van der Waals surface area contributed by atoms with Crippen LogP contribution in [0.25, 0.3) is 0 Å². The summed E-state index contributed by atoms with van der Waals surface area (Å²) in [5.74, 6) is -0.399. The van der Waals surface area contributed by atoms with Crippen LogP contribution in [0.4, 0.5) is 0 Å². The molecule has 2 rings (SSSR count). The quantitative estimate of drug-likeness (QED) is 0.745. The highest BCUT2D eigenvalue weighted by atomic mass is 16.1. The number of hydrogen-bond acceptors (Lipinski definition) is 4. The molecule has 1 unspecified atom stereocenters. The van der Waals surface area contributed by atoms with Gasteiger partial charge in [-0.15, -0.1) is 0 Å². The Morgan fingerprint density at radius 2 is 1.80 bits per heavy atom. The van der Waals surface area contributed by atoms with Gasteiger partial charge in [0.2, 0.25) is 5.91 Å². The lowest BCUT2D eigenvalue weighted by atomic mass is 9.96. The smallest absolute Gasteiger partial charge is 0.237 e. The molecule has 4 N–H and O–H groups in total. The van der Waals surface area contributed by atoms with Crippen molar-refractivity contribution in [1.82, 2.24) is 9.80 Å². The van der Waals surface area contributed by atoms with Crippen LogP contribution in [-0.4, -0.2) is 60.0 Å². The Morgan fingerprint density at radius 1 is 1.20 bits per heavy atom. The van der Waals surface area contributed by atoms with Gasteiger partial charge in [0.1, 0.15) is 0 Å². The Bertz CT molecular complexity index is 318. The molecular weight excluding hydrogens is 252 g/mol. The number of nitrogens with zero attached hydrogens (tertiary/aromatic N) is 2. The molecule has 0 aromatic carbocycles. The minimum absolute atomic E-state index is 0.399. The highest BCUT2D eigenvalue weighted by Gasteiger charge is 2.27. The number of primary amides is 1. The number of carbonyl (C=O) groups is 1. The molecule has 1 aliphatic heterocycles. The summed E-state index contributed by atoms with van der Waals surface area (Å²) >= 11 is 0. The van der Waals surface area contributed by atoms with Gasteiger partial charge in [0.15, 0.2) is 0 Å². The summed E-state index contributed by atoms with van der Waals surface area (Å²) in [6, 6.07) is 0.847. The van der Waals surface area contributed by atoms with Gasteiger partial charge in [0.05, 0.1) is 5.54 Å². The number of piperazine rings is 1. The van der Waals surface area contributed by atoms with Crippen molar-refractivity contribution in [3.05, 3.63) is 0 Å². The molecule has 20 heavy (non-hydrogen) atoms. The third-order valence-corrected chi connectivity index (χ3v) is 4.98. The third kappa shape index (κ3) is 4.17. The van der Waals surface area contributed by atoms with Crippen molar-refractivity contribution >= 4 is 5.91 Å². The molecule has 0 aromatic heterocycles. The fraction of sp³-hybridized carbons (Fsp3) is 0.933. The van der Waals surface area contributed by atoms with E-state index in [1.807, 2.05) is 0 Å². The maximum atomic E-state index is 11.2. The molecule has 0 spiro atoms. The second-order valence-electron chi connectivity index (χ2n) is 6.70. The summed E-state index contributed by atoms with van der Waals surface area (Å²) in [6.45, 7) is 7.44. The highest BCUT2D eigenvalue weighted by molar-refractivity contribution is 5.83. The lowest BCUT2D eigenvalue weighted by Crippen LogP contribution is -2.51. The fourth-order valence-electron chi connectivity index (χ4n) is 3.41. The normalized spacial score (nSPS) is 25.7. The van der Waals surface area contributed by atoms with Crippen LogP contribution in [0.15, 0.2) is 0 Å². The molecule has 116 valence electrons. The van der Waals surface area contributed by atoms with Crippen molar-refractivity contribution in [3.8, 4) is 0 Å². The van der Waals surface area contributed by atoms with Crippen LogP contribution in [-0.2, 0) is 4.79 Å². The predicted molar refractivity (Wildman–Crippen MR) is 81.3 cm³/mol. The van der Waals surface area contributed by atoms with Gasteiger partial charge in [0, 0.05) is 32.2 Å². The molecule has 0 bridgehead atoms. The molecule has 5 nitrogen and oxygen atoms in total. The van der Waals surface area contributed by atoms with Gasteiger partial charge < -0.3 is 16.4 Å². The molecule has 1 saturated heterocycles. The van der Waals surface area contributed by atoms with Crippen LogP contribution in [0.3, 0.4) is 0 Å². The van der Waals surface area contributed by atoms with Crippen molar-refractivity contribution in [2.75, 3.05) is 32.7 Å². The maximum absolute atomic E-state index is 11.2. The fourth-order valence-corrected chi connectivity index (χ4v) is 3.41. The van der Waals surface area contributed by atoms with E-state index in [2.05, 4.69) is 9.80 Å². The molecule has 1 heterocycles. The van der Waals surface area contributed by atoms with Crippen LogP contribution in [0.2, 0.25) is 0 Å². The Balaban J connectivity index is 1.63. The van der Waals surface area contributed by atoms with E-state index in [4.69, 9.17) is 11.5 Å². The largest absolute Gasteiger partial charge is 0.368 e. The molecule has 1 saturated carbocycles.